The SMILES string of the molecule is CCCCCCCCCC(=O)NCCCN(CCCC)CCCC. The molecule has 0 spiro atoms. The van der Waals surface area contributed by atoms with Gasteiger partial charge in [0.25, 0.3) is 0 Å². The first-order valence-electron chi connectivity index (χ1n) is 10.7. The highest BCUT2D eigenvalue weighted by Gasteiger charge is 2.05. The van der Waals surface area contributed by atoms with E-state index in [-0.39, 0.29) is 5.91 Å². The van der Waals surface area contributed by atoms with Crippen molar-refractivity contribution in [2.45, 2.75) is 104 Å². The molecule has 0 atom stereocenters. The molecule has 0 aliphatic heterocycles. The molecule has 144 valence electrons. The Kier molecular flexibility index (Phi) is 18.3. The molecule has 24 heavy (non-hydrogen) atoms. The van der Waals surface area contributed by atoms with E-state index in [2.05, 4.69) is 31.0 Å². The fraction of sp³-hybridized carbons (Fsp3) is 0.952. The molecule has 0 aromatic rings. The number of hydrogen-bond donors (Lipinski definition) is 1. The highest BCUT2D eigenvalue weighted by atomic mass is 16.1. The zero-order valence-corrected chi connectivity index (χ0v) is 16.9. The third-order valence-corrected chi connectivity index (χ3v) is 4.64. The summed E-state index contributed by atoms with van der Waals surface area (Å²) in [6.45, 7) is 11.1. The van der Waals surface area contributed by atoms with E-state index in [0.717, 1.165) is 25.9 Å². The molecule has 0 unspecified atom stereocenters. The van der Waals surface area contributed by atoms with Crippen LogP contribution in [0.1, 0.15) is 104 Å². The van der Waals surface area contributed by atoms with E-state index < -0.39 is 0 Å². The van der Waals surface area contributed by atoms with Gasteiger partial charge < -0.3 is 10.2 Å². The van der Waals surface area contributed by atoms with Crippen LogP contribution in [0, 0.1) is 0 Å². The largest absolute Gasteiger partial charge is 0.356 e. The average molecular weight is 341 g/mol. The molecule has 0 rings (SSSR count). The lowest BCUT2D eigenvalue weighted by atomic mass is 10.1. The van der Waals surface area contributed by atoms with Gasteiger partial charge in [-0.25, -0.2) is 0 Å². The lowest BCUT2D eigenvalue weighted by molar-refractivity contribution is -0.121. The number of amides is 1. The lowest BCUT2D eigenvalue weighted by Gasteiger charge is -2.21. The molecule has 0 aliphatic carbocycles. The summed E-state index contributed by atoms with van der Waals surface area (Å²) in [4.78, 5) is 14.4. The Morgan fingerprint density at radius 1 is 0.667 bits per heavy atom. The predicted octanol–water partition coefficient (Wildman–Crippen LogP) is 5.54. The van der Waals surface area contributed by atoms with Crippen molar-refractivity contribution in [1.82, 2.24) is 10.2 Å². The fourth-order valence-corrected chi connectivity index (χ4v) is 2.96. The number of carbonyl (C=O) groups is 1. The molecule has 0 saturated heterocycles. The number of nitrogens with zero attached hydrogens (tertiary/aromatic N) is 1. The number of carbonyl (C=O) groups excluding carboxylic acids is 1. The molecule has 3 nitrogen and oxygen atoms in total. The standard InChI is InChI=1S/C21H44N2O/c1-4-7-10-11-12-13-14-16-21(24)22-17-15-20-23(18-8-5-2)19-9-6-3/h4-20H2,1-3H3,(H,22,24). The highest BCUT2D eigenvalue weighted by Crippen LogP contribution is 2.08. The second-order valence-electron chi connectivity index (χ2n) is 7.12. The summed E-state index contributed by atoms with van der Waals surface area (Å²) in [5, 5.41) is 3.10. The minimum absolute atomic E-state index is 0.247. The number of unbranched alkanes of at least 4 members (excludes halogenated alkanes) is 8. The van der Waals surface area contributed by atoms with E-state index in [4.69, 9.17) is 0 Å². The van der Waals surface area contributed by atoms with Gasteiger partial charge in [-0.3, -0.25) is 4.79 Å². The Labute approximate surface area is 152 Å². The van der Waals surface area contributed by atoms with Gasteiger partial charge in [-0.15, -0.1) is 0 Å². The summed E-state index contributed by atoms with van der Waals surface area (Å²) in [6.07, 6.45) is 15.8. The number of hydrogen-bond acceptors (Lipinski definition) is 2. The third kappa shape index (κ3) is 16.3. The van der Waals surface area contributed by atoms with Crippen molar-refractivity contribution in [1.29, 1.82) is 0 Å². The van der Waals surface area contributed by atoms with Crippen LogP contribution in [0.3, 0.4) is 0 Å². The summed E-state index contributed by atoms with van der Waals surface area (Å²) in [5.74, 6) is 0.247. The maximum Gasteiger partial charge on any atom is 0.219 e. The molecule has 0 aliphatic rings. The van der Waals surface area contributed by atoms with Gasteiger partial charge in [-0.1, -0.05) is 72.1 Å². The van der Waals surface area contributed by atoms with Crippen LogP contribution in [0.2, 0.25) is 0 Å². The van der Waals surface area contributed by atoms with Gasteiger partial charge in [-0.05, 0) is 45.3 Å². The van der Waals surface area contributed by atoms with Gasteiger partial charge in [0.05, 0.1) is 0 Å². The number of nitrogens with one attached hydrogen (secondary N) is 1. The minimum Gasteiger partial charge on any atom is -0.356 e. The van der Waals surface area contributed by atoms with E-state index in [9.17, 15) is 4.79 Å². The molecule has 0 aromatic heterocycles. The Morgan fingerprint density at radius 2 is 1.17 bits per heavy atom. The minimum atomic E-state index is 0.247. The van der Waals surface area contributed by atoms with E-state index in [1.54, 1.807) is 0 Å². The Balaban J connectivity index is 3.53. The van der Waals surface area contributed by atoms with Gasteiger partial charge in [0.2, 0.25) is 5.91 Å². The second kappa shape index (κ2) is 18.8. The topological polar surface area (TPSA) is 32.3 Å². The molecule has 0 radical (unpaired) electrons. The van der Waals surface area contributed by atoms with Crippen LogP contribution in [-0.4, -0.2) is 37.0 Å². The second-order valence-corrected chi connectivity index (χ2v) is 7.12. The molecule has 0 aromatic carbocycles. The van der Waals surface area contributed by atoms with E-state index in [1.807, 2.05) is 0 Å². The first-order chi connectivity index (χ1) is 11.7. The average Bonchev–Trinajstić information content (AvgIpc) is 2.59. The third-order valence-electron chi connectivity index (χ3n) is 4.64. The summed E-state index contributed by atoms with van der Waals surface area (Å²) < 4.78 is 0. The van der Waals surface area contributed by atoms with Crippen LogP contribution in [0.15, 0.2) is 0 Å². The van der Waals surface area contributed by atoms with Crippen LogP contribution < -0.4 is 5.32 Å². The van der Waals surface area contributed by atoms with Crippen LogP contribution in [0.25, 0.3) is 0 Å². The molecular weight excluding hydrogens is 296 g/mol. The monoisotopic (exact) mass is 340 g/mol. The smallest absolute Gasteiger partial charge is 0.219 e. The van der Waals surface area contributed by atoms with Gasteiger partial charge in [0.15, 0.2) is 0 Å². The van der Waals surface area contributed by atoms with Crippen LogP contribution >= 0.6 is 0 Å². The molecule has 0 saturated carbocycles. The summed E-state index contributed by atoms with van der Waals surface area (Å²) in [6, 6.07) is 0. The predicted molar refractivity (Wildman–Crippen MR) is 106 cm³/mol. The highest BCUT2D eigenvalue weighted by molar-refractivity contribution is 5.75. The van der Waals surface area contributed by atoms with Gasteiger partial charge >= 0.3 is 0 Å². The zero-order valence-electron chi connectivity index (χ0n) is 16.9. The van der Waals surface area contributed by atoms with Crippen molar-refractivity contribution in [3.63, 3.8) is 0 Å². The number of rotatable bonds is 18. The van der Waals surface area contributed by atoms with Crippen LogP contribution in [0.4, 0.5) is 0 Å². The molecule has 0 fully saturated rings. The first-order valence-corrected chi connectivity index (χ1v) is 10.7. The lowest BCUT2D eigenvalue weighted by Crippen LogP contribution is -2.31. The van der Waals surface area contributed by atoms with Gasteiger partial charge in [0, 0.05) is 13.0 Å². The molecule has 1 amide bonds. The summed E-state index contributed by atoms with van der Waals surface area (Å²) in [7, 11) is 0. The zero-order chi connectivity index (χ0) is 17.9. The normalized spacial score (nSPS) is 11.2. The van der Waals surface area contributed by atoms with Gasteiger partial charge in [-0.2, -0.15) is 0 Å². The van der Waals surface area contributed by atoms with Gasteiger partial charge in [0.1, 0.15) is 0 Å². The Hall–Kier alpha value is -0.570. The quantitative estimate of drug-likeness (QED) is 0.332. The summed E-state index contributed by atoms with van der Waals surface area (Å²) >= 11 is 0. The van der Waals surface area contributed by atoms with E-state index in [0.29, 0.717) is 6.42 Å². The molecule has 3 heteroatoms. The molecule has 0 heterocycles. The van der Waals surface area contributed by atoms with E-state index >= 15 is 0 Å². The first kappa shape index (κ1) is 23.4. The van der Waals surface area contributed by atoms with Crippen LogP contribution in [0.5, 0.6) is 0 Å². The van der Waals surface area contributed by atoms with Crippen molar-refractivity contribution >= 4 is 5.91 Å². The van der Waals surface area contributed by atoms with Crippen molar-refractivity contribution in [2.75, 3.05) is 26.2 Å². The van der Waals surface area contributed by atoms with Crippen molar-refractivity contribution in [3.05, 3.63) is 0 Å². The Bertz CT molecular complexity index is 261. The summed E-state index contributed by atoms with van der Waals surface area (Å²) in [5.41, 5.74) is 0. The van der Waals surface area contributed by atoms with Crippen molar-refractivity contribution in [3.8, 4) is 0 Å². The van der Waals surface area contributed by atoms with Crippen LogP contribution in [-0.2, 0) is 4.79 Å². The molecule has 1 N–H and O–H groups in total. The van der Waals surface area contributed by atoms with E-state index in [1.165, 1.54) is 77.3 Å². The van der Waals surface area contributed by atoms with Crippen molar-refractivity contribution < 1.29 is 4.79 Å². The fourth-order valence-electron chi connectivity index (χ4n) is 2.96. The molecular formula is C21H44N2O. The Morgan fingerprint density at radius 3 is 1.75 bits per heavy atom. The molecule has 0 bridgehead atoms. The van der Waals surface area contributed by atoms with Crippen molar-refractivity contribution in [2.24, 2.45) is 0 Å². The maximum absolute atomic E-state index is 11.8. The maximum atomic E-state index is 11.8.